The van der Waals surface area contributed by atoms with Crippen LogP contribution in [0.3, 0.4) is 0 Å². The second-order valence-electron chi connectivity index (χ2n) is 3.41. The number of carboxylic acid groups (broad SMARTS) is 1. The van der Waals surface area contributed by atoms with Crippen molar-refractivity contribution in [3.8, 4) is 11.3 Å². The number of nitrogens with zero attached hydrogens (tertiary/aromatic N) is 4. The summed E-state index contributed by atoms with van der Waals surface area (Å²) in [7, 11) is 0. The Bertz CT molecular complexity index is 499. The summed E-state index contributed by atoms with van der Waals surface area (Å²) in [6.07, 6.45) is 8.30. The first-order valence-electron chi connectivity index (χ1n) is 5.09. The summed E-state index contributed by atoms with van der Waals surface area (Å²) in [4.78, 5) is 18.5. The first kappa shape index (κ1) is 11.1. The van der Waals surface area contributed by atoms with Crippen LogP contribution >= 0.6 is 0 Å². The third kappa shape index (κ3) is 3.04. The van der Waals surface area contributed by atoms with Gasteiger partial charge in [-0.1, -0.05) is 4.68 Å². The van der Waals surface area contributed by atoms with Gasteiger partial charge in [0.05, 0.1) is 11.9 Å². The maximum absolute atomic E-state index is 10.4. The molecule has 0 aromatic carbocycles. The van der Waals surface area contributed by atoms with Crippen molar-refractivity contribution in [3.05, 3.63) is 37.1 Å². The summed E-state index contributed by atoms with van der Waals surface area (Å²) < 4.78 is 1.58. The summed E-state index contributed by atoms with van der Waals surface area (Å²) in [5.74, 6) is -0.836. The van der Waals surface area contributed by atoms with Crippen molar-refractivity contribution in [2.75, 3.05) is 0 Å². The molecule has 0 spiro atoms. The minimum atomic E-state index is -0.836. The molecule has 2 heterocycles. The largest absolute Gasteiger partial charge is 0.481 e. The highest BCUT2D eigenvalue weighted by molar-refractivity contribution is 5.66. The van der Waals surface area contributed by atoms with E-state index in [0.717, 1.165) is 11.3 Å². The average molecular weight is 231 g/mol. The van der Waals surface area contributed by atoms with Gasteiger partial charge < -0.3 is 5.11 Å². The van der Waals surface area contributed by atoms with Crippen LogP contribution in [-0.4, -0.2) is 26.1 Å². The zero-order valence-corrected chi connectivity index (χ0v) is 9.02. The topological polar surface area (TPSA) is 79.9 Å². The molecule has 2 aromatic rings. The summed E-state index contributed by atoms with van der Waals surface area (Å²) in [6.45, 7) is 0.357. The smallest absolute Gasteiger partial charge is 0.309 e. The standard InChI is InChI=1S/C11H10N4O2/c16-11(17)2-6-15-5-1-9(7-14-15)10-8-12-3-4-13-10/h1,3-5,7-8H,2,6H2/p+1. The normalized spacial score (nSPS) is 10.1. The lowest BCUT2D eigenvalue weighted by molar-refractivity contribution is -0.752. The molecule has 86 valence electrons. The van der Waals surface area contributed by atoms with Gasteiger partial charge in [0.25, 0.3) is 0 Å². The van der Waals surface area contributed by atoms with Crippen LogP contribution in [0.15, 0.2) is 37.1 Å². The van der Waals surface area contributed by atoms with Crippen LogP contribution in [0.5, 0.6) is 0 Å². The molecule has 6 nitrogen and oxygen atoms in total. The van der Waals surface area contributed by atoms with Crippen molar-refractivity contribution in [3.63, 3.8) is 0 Å². The molecule has 0 radical (unpaired) electrons. The lowest BCUT2D eigenvalue weighted by Gasteiger charge is -1.97. The highest BCUT2D eigenvalue weighted by Gasteiger charge is 2.07. The molecule has 0 fully saturated rings. The molecule has 0 aliphatic rings. The average Bonchev–Trinajstić information content (AvgIpc) is 2.38. The van der Waals surface area contributed by atoms with Crippen molar-refractivity contribution < 1.29 is 14.6 Å². The van der Waals surface area contributed by atoms with Crippen molar-refractivity contribution in [2.45, 2.75) is 13.0 Å². The molecule has 1 N–H and O–H groups in total. The van der Waals surface area contributed by atoms with Gasteiger partial charge in [-0.15, -0.1) is 0 Å². The lowest BCUT2D eigenvalue weighted by atomic mass is 10.2. The Labute approximate surface area is 97.6 Å². The van der Waals surface area contributed by atoms with Gasteiger partial charge in [-0.3, -0.25) is 14.8 Å². The molecule has 2 rings (SSSR count). The van der Waals surface area contributed by atoms with Crippen molar-refractivity contribution >= 4 is 5.97 Å². The highest BCUT2D eigenvalue weighted by atomic mass is 16.4. The Hall–Kier alpha value is -2.37. The Morgan fingerprint density at radius 3 is 2.82 bits per heavy atom. The van der Waals surface area contributed by atoms with Gasteiger partial charge in [-0.2, -0.15) is 0 Å². The van der Waals surface area contributed by atoms with Crippen molar-refractivity contribution in [2.24, 2.45) is 0 Å². The quantitative estimate of drug-likeness (QED) is 0.765. The van der Waals surface area contributed by atoms with Crippen LogP contribution in [0.1, 0.15) is 6.42 Å². The molecule has 17 heavy (non-hydrogen) atoms. The molecular weight excluding hydrogens is 220 g/mol. The van der Waals surface area contributed by atoms with E-state index in [2.05, 4.69) is 15.1 Å². The number of hydrogen-bond acceptors (Lipinski definition) is 4. The monoisotopic (exact) mass is 231 g/mol. The molecule has 0 aliphatic heterocycles. The number of carbonyl (C=O) groups is 1. The number of aromatic nitrogens is 4. The Morgan fingerprint density at radius 1 is 1.35 bits per heavy atom. The third-order valence-corrected chi connectivity index (χ3v) is 2.19. The van der Waals surface area contributed by atoms with Gasteiger partial charge >= 0.3 is 5.97 Å². The fraction of sp³-hybridized carbons (Fsp3) is 0.182. The molecular formula is C11H11N4O2+. The van der Waals surface area contributed by atoms with Gasteiger partial charge in [-0.05, 0) is 5.10 Å². The summed E-state index contributed by atoms with van der Waals surface area (Å²) in [5.41, 5.74) is 1.59. The number of rotatable bonds is 4. The van der Waals surface area contributed by atoms with Crippen LogP contribution in [0.25, 0.3) is 11.3 Å². The lowest BCUT2D eigenvalue weighted by Crippen LogP contribution is -2.38. The number of aliphatic carboxylic acids is 1. The van der Waals surface area contributed by atoms with E-state index in [1.165, 1.54) is 0 Å². The van der Waals surface area contributed by atoms with E-state index in [4.69, 9.17) is 5.11 Å². The van der Waals surface area contributed by atoms with Crippen LogP contribution in [0, 0.1) is 0 Å². The van der Waals surface area contributed by atoms with Crippen LogP contribution in [0.2, 0.25) is 0 Å². The molecule has 0 amide bonds. The van der Waals surface area contributed by atoms with E-state index < -0.39 is 5.97 Å². The van der Waals surface area contributed by atoms with E-state index in [9.17, 15) is 4.79 Å². The maximum Gasteiger partial charge on any atom is 0.309 e. The molecule has 2 aromatic heterocycles. The van der Waals surface area contributed by atoms with Crippen molar-refractivity contribution in [1.82, 2.24) is 15.1 Å². The number of carboxylic acids is 1. The summed E-state index contributed by atoms with van der Waals surface area (Å²) >= 11 is 0. The second-order valence-corrected chi connectivity index (χ2v) is 3.41. The highest BCUT2D eigenvalue weighted by Crippen LogP contribution is 2.11. The number of hydrogen-bond donors (Lipinski definition) is 1. The van der Waals surface area contributed by atoms with Gasteiger partial charge in [0.2, 0.25) is 0 Å². The molecule has 0 saturated carbocycles. The van der Waals surface area contributed by atoms with Gasteiger partial charge in [0.15, 0.2) is 12.7 Å². The van der Waals surface area contributed by atoms with E-state index in [0.29, 0.717) is 6.54 Å². The molecule has 0 atom stereocenters. The van der Waals surface area contributed by atoms with Crippen LogP contribution < -0.4 is 4.68 Å². The Balaban J connectivity index is 2.11. The van der Waals surface area contributed by atoms with E-state index in [1.54, 1.807) is 35.7 Å². The predicted octanol–water partition coefficient (Wildman–Crippen LogP) is 0.301. The molecule has 6 heteroatoms. The van der Waals surface area contributed by atoms with Gasteiger partial charge in [0.1, 0.15) is 12.6 Å². The minimum Gasteiger partial charge on any atom is -0.481 e. The molecule has 0 aliphatic carbocycles. The zero-order valence-electron chi connectivity index (χ0n) is 9.02. The predicted molar refractivity (Wildman–Crippen MR) is 57.7 cm³/mol. The Morgan fingerprint density at radius 2 is 2.24 bits per heavy atom. The van der Waals surface area contributed by atoms with Crippen LogP contribution in [-0.2, 0) is 11.3 Å². The minimum absolute atomic E-state index is 0.0577. The first-order valence-corrected chi connectivity index (χ1v) is 5.09. The maximum atomic E-state index is 10.4. The summed E-state index contributed by atoms with van der Waals surface area (Å²) in [6, 6.07) is 1.83. The Kier molecular flexibility index (Phi) is 3.34. The molecule has 0 bridgehead atoms. The number of aryl methyl sites for hydroxylation is 1. The van der Waals surface area contributed by atoms with Crippen molar-refractivity contribution in [1.29, 1.82) is 0 Å². The molecule has 0 unspecified atom stereocenters. The fourth-order valence-electron chi connectivity index (χ4n) is 1.33. The second kappa shape index (κ2) is 5.11. The van der Waals surface area contributed by atoms with E-state index in [-0.39, 0.29) is 6.42 Å². The summed E-state index contributed by atoms with van der Waals surface area (Å²) in [5, 5.41) is 12.7. The third-order valence-electron chi connectivity index (χ3n) is 2.19. The van der Waals surface area contributed by atoms with Crippen LogP contribution in [0.4, 0.5) is 0 Å². The van der Waals surface area contributed by atoms with E-state index in [1.807, 2.05) is 6.07 Å². The SMILES string of the molecule is O=C(O)CC[n+]1ccc(-c2cnccn2)cn1. The van der Waals surface area contributed by atoms with Gasteiger partial charge in [0, 0.05) is 24.0 Å². The van der Waals surface area contributed by atoms with Gasteiger partial charge in [-0.25, -0.2) is 0 Å². The van der Waals surface area contributed by atoms with E-state index >= 15 is 0 Å². The first-order chi connectivity index (χ1) is 8.25. The zero-order chi connectivity index (χ0) is 12.1. The fourth-order valence-corrected chi connectivity index (χ4v) is 1.33. The molecule has 0 saturated heterocycles.